The third-order valence-electron chi connectivity index (χ3n) is 4.93. The van der Waals surface area contributed by atoms with Gasteiger partial charge in [-0.15, -0.1) is 0 Å². The highest BCUT2D eigenvalue weighted by molar-refractivity contribution is 5.93. The van der Waals surface area contributed by atoms with Gasteiger partial charge < -0.3 is 14.0 Å². The molecule has 0 saturated carbocycles. The molecule has 0 unspecified atom stereocenters. The number of piperazine rings is 1. The minimum atomic E-state index is 0.107. The first kappa shape index (κ1) is 15.8. The zero-order chi connectivity index (χ0) is 16.6. The van der Waals surface area contributed by atoms with Gasteiger partial charge in [0.1, 0.15) is 11.5 Å². The summed E-state index contributed by atoms with van der Waals surface area (Å²) in [5, 5.41) is 0. The van der Waals surface area contributed by atoms with Crippen LogP contribution in [0.5, 0.6) is 0 Å². The summed E-state index contributed by atoms with van der Waals surface area (Å²) in [5.74, 6) is 1.13. The minimum absolute atomic E-state index is 0.107. The number of nitrogens with zero attached hydrogens (tertiary/aromatic N) is 5. The Morgan fingerprint density at radius 3 is 2.65 bits per heavy atom. The minimum Gasteiger partial charge on any atom is -0.344 e. The fraction of sp³-hybridized carbons (Fsp3) is 0.529. The molecule has 1 aliphatic rings. The Kier molecular flexibility index (Phi) is 4.26. The SMILES string of the molecule is CCN1CCN(C(=O)c2ccc(C)n2C)C[C@@H]1c1nccn1C. The third-order valence-corrected chi connectivity index (χ3v) is 4.93. The number of amides is 1. The smallest absolute Gasteiger partial charge is 0.270 e. The molecular weight excluding hydrogens is 290 g/mol. The number of likely N-dealkylation sites (N-methyl/N-ethyl adjacent to an activating group) is 1. The van der Waals surface area contributed by atoms with Crippen LogP contribution in [-0.2, 0) is 14.1 Å². The second-order valence-electron chi connectivity index (χ2n) is 6.21. The highest BCUT2D eigenvalue weighted by Crippen LogP contribution is 2.25. The van der Waals surface area contributed by atoms with Crippen LogP contribution in [0.3, 0.4) is 0 Å². The molecule has 3 heterocycles. The Labute approximate surface area is 137 Å². The molecule has 0 N–H and O–H groups in total. The van der Waals surface area contributed by atoms with Gasteiger partial charge in [0.15, 0.2) is 0 Å². The van der Waals surface area contributed by atoms with Crippen molar-refractivity contribution in [2.75, 3.05) is 26.2 Å². The molecule has 6 heteroatoms. The summed E-state index contributed by atoms with van der Waals surface area (Å²) in [6.45, 7) is 7.46. The maximum atomic E-state index is 12.9. The second kappa shape index (κ2) is 6.20. The van der Waals surface area contributed by atoms with E-state index in [1.54, 1.807) is 0 Å². The van der Waals surface area contributed by atoms with Gasteiger partial charge in [-0.1, -0.05) is 6.92 Å². The first-order valence-electron chi connectivity index (χ1n) is 8.15. The molecule has 0 aromatic carbocycles. The molecule has 1 atom stereocenters. The molecule has 0 bridgehead atoms. The Bertz CT molecular complexity index is 702. The summed E-state index contributed by atoms with van der Waals surface area (Å²) in [6.07, 6.45) is 3.79. The molecule has 2 aromatic rings. The van der Waals surface area contributed by atoms with Crippen molar-refractivity contribution in [3.63, 3.8) is 0 Å². The molecule has 1 fully saturated rings. The van der Waals surface area contributed by atoms with E-state index < -0.39 is 0 Å². The fourth-order valence-corrected chi connectivity index (χ4v) is 3.32. The van der Waals surface area contributed by atoms with Gasteiger partial charge in [-0.3, -0.25) is 9.69 Å². The van der Waals surface area contributed by atoms with Crippen molar-refractivity contribution >= 4 is 5.91 Å². The predicted molar refractivity (Wildman–Crippen MR) is 89.2 cm³/mol. The Balaban J connectivity index is 1.84. The van der Waals surface area contributed by atoms with Crippen molar-refractivity contribution in [2.24, 2.45) is 14.1 Å². The molecule has 0 aliphatic carbocycles. The lowest BCUT2D eigenvalue weighted by atomic mass is 10.1. The fourth-order valence-electron chi connectivity index (χ4n) is 3.32. The Hall–Kier alpha value is -2.08. The van der Waals surface area contributed by atoms with Crippen molar-refractivity contribution in [2.45, 2.75) is 19.9 Å². The number of carbonyl (C=O) groups excluding carboxylic acids is 1. The van der Waals surface area contributed by atoms with Gasteiger partial charge in [0.2, 0.25) is 0 Å². The van der Waals surface area contributed by atoms with E-state index in [0.717, 1.165) is 36.8 Å². The molecule has 1 saturated heterocycles. The van der Waals surface area contributed by atoms with Crippen molar-refractivity contribution in [3.8, 4) is 0 Å². The van der Waals surface area contributed by atoms with Crippen molar-refractivity contribution in [3.05, 3.63) is 41.7 Å². The summed E-state index contributed by atoms with van der Waals surface area (Å²) >= 11 is 0. The van der Waals surface area contributed by atoms with Crippen LogP contribution in [0.2, 0.25) is 0 Å². The van der Waals surface area contributed by atoms with E-state index >= 15 is 0 Å². The number of carbonyl (C=O) groups is 1. The zero-order valence-electron chi connectivity index (χ0n) is 14.4. The second-order valence-corrected chi connectivity index (χ2v) is 6.21. The van der Waals surface area contributed by atoms with Gasteiger partial charge >= 0.3 is 0 Å². The molecule has 0 radical (unpaired) electrons. The number of aromatic nitrogens is 3. The summed E-state index contributed by atoms with van der Waals surface area (Å²) < 4.78 is 4.01. The van der Waals surface area contributed by atoms with Gasteiger partial charge in [-0.05, 0) is 25.6 Å². The average Bonchev–Trinajstić information content (AvgIpc) is 3.12. The predicted octanol–water partition coefficient (Wildman–Crippen LogP) is 1.59. The molecule has 3 rings (SSSR count). The lowest BCUT2D eigenvalue weighted by molar-refractivity contribution is 0.0464. The van der Waals surface area contributed by atoms with Crippen LogP contribution in [0.4, 0.5) is 0 Å². The van der Waals surface area contributed by atoms with E-state index in [-0.39, 0.29) is 11.9 Å². The lowest BCUT2D eigenvalue weighted by Crippen LogP contribution is -2.51. The molecule has 0 spiro atoms. The first-order valence-corrected chi connectivity index (χ1v) is 8.15. The van der Waals surface area contributed by atoms with Crippen molar-refractivity contribution < 1.29 is 4.79 Å². The topological polar surface area (TPSA) is 46.3 Å². The number of aryl methyl sites for hydroxylation is 2. The number of rotatable bonds is 3. The standard InChI is InChI=1S/C17H25N5O/c1-5-21-10-11-22(12-15(21)16-18-8-9-19(16)3)17(23)14-7-6-13(2)20(14)4/h6-9,15H,5,10-12H2,1-4H3/t15-/m1/s1. The highest BCUT2D eigenvalue weighted by atomic mass is 16.2. The highest BCUT2D eigenvalue weighted by Gasteiger charge is 2.32. The van der Waals surface area contributed by atoms with E-state index in [1.165, 1.54) is 0 Å². The summed E-state index contributed by atoms with van der Waals surface area (Å²) in [5.41, 5.74) is 1.85. The van der Waals surface area contributed by atoms with Crippen LogP contribution in [0.25, 0.3) is 0 Å². The Morgan fingerprint density at radius 2 is 2.09 bits per heavy atom. The van der Waals surface area contributed by atoms with Gasteiger partial charge in [-0.2, -0.15) is 0 Å². The quantitative estimate of drug-likeness (QED) is 0.864. The molecule has 1 amide bonds. The lowest BCUT2D eigenvalue weighted by Gasteiger charge is -2.40. The largest absolute Gasteiger partial charge is 0.344 e. The average molecular weight is 315 g/mol. The first-order chi connectivity index (χ1) is 11.0. The number of hydrogen-bond donors (Lipinski definition) is 0. The molecule has 23 heavy (non-hydrogen) atoms. The van der Waals surface area contributed by atoms with Crippen LogP contribution < -0.4 is 0 Å². The van der Waals surface area contributed by atoms with Crippen LogP contribution >= 0.6 is 0 Å². The van der Waals surface area contributed by atoms with E-state index in [4.69, 9.17) is 0 Å². The molecular formula is C17H25N5O. The normalized spacial score (nSPS) is 19.3. The van der Waals surface area contributed by atoms with Crippen molar-refractivity contribution in [1.82, 2.24) is 23.9 Å². The molecule has 2 aromatic heterocycles. The molecule has 124 valence electrons. The van der Waals surface area contributed by atoms with E-state index in [9.17, 15) is 4.79 Å². The van der Waals surface area contributed by atoms with Gasteiger partial charge in [0.25, 0.3) is 5.91 Å². The van der Waals surface area contributed by atoms with Crippen molar-refractivity contribution in [1.29, 1.82) is 0 Å². The van der Waals surface area contributed by atoms with Crippen LogP contribution in [-0.4, -0.2) is 56.0 Å². The van der Waals surface area contributed by atoms with E-state index in [0.29, 0.717) is 6.54 Å². The van der Waals surface area contributed by atoms with Crippen LogP contribution in [0.1, 0.15) is 35.0 Å². The summed E-state index contributed by atoms with van der Waals surface area (Å²) in [7, 11) is 3.96. The van der Waals surface area contributed by atoms with Gasteiger partial charge in [0.05, 0.1) is 6.04 Å². The summed E-state index contributed by atoms with van der Waals surface area (Å²) in [6, 6.07) is 4.06. The monoisotopic (exact) mass is 315 g/mol. The Morgan fingerprint density at radius 1 is 1.30 bits per heavy atom. The molecule has 6 nitrogen and oxygen atoms in total. The number of imidazole rings is 1. The van der Waals surface area contributed by atoms with Gasteiger partial charge in [-0.25, -0.2) is 4.98 Å². The van der Waals surface area contributed by atoms with E-state index in [1.807, 2.05) is 59.6 Å². The maximum Gasteiger partial charge on any atom is 0.270 e. The van der Waals surface area contributed by atoms with Crippen LogP contribution in [0, 0.1) is 6.92 Å². The van der Waals surface area contributed by atoms with Gasteiger partial charge in [0, 0.05) is 51.8 Å². The molecule has 1 aliphatic heterocycles. The summed E-state index contributed by atoms with van der Waals surface area (Å²) in [4.78, 5) is 21.7. The number of hydrogen-bond acceptors (Lipinski definition) is 3. The van der Waals surface area contributed by atoms with E-state index in [2.05, 4.69) is 16.8 Å². The maximum absolute atomic E-state index is 12.9. The third kappa shape index (κ3) is 2.79. The van der Waals surface area contributed by atoms with Crippen LogP contribution in [0.15, 0.2) is 24.5 Å². The zero-order valence-corrected chi connectivity index (χ0v) is 14.4.